The van der Waals surface area contributed by atoms with Gasteiger partial charge in [-0.25, -0.2) is 11.4 Å². The van der Waals surface area contributed by atoms with Gasteiger partial charge < -0.3 is 14.3 Å². The summed E-state index contributed by atoms with van der Waals surface area (Å²) in [5.41, 5.74) is 0. The summed E-state index contributed by atoms with van der Waals surface area (Å²) in [4.78, 5) is 23.9. The first kappa shape index (κ1) is 18.9. The molecule has 0 amide bonds. The Hall–Kier alpha value is -0.430. The molecule has 6 nitrogen and oxygen atoms in total. The summed E-state index contributed by atoms with van der Waals surface area (Å²) >= 11 is 2.36. The quantitative estimate of drug-likeness (QED) is 0.202. The molecule has 0 aromatic carbocycles. The molecule has 0 saturated carbocycles. The van der Waals surface area contributed by atoms with Crippen LogP contribution in [-0.4, -0.2) is 48.0 Å². The molecule has 0 bridgehead atoms. The molecular weight excluding hydrogens is 413 g/mol. The van der Waals surface area contributed by atoms with E-state index < -0.39 is 0 Å². The molecule has 2 aliphatic heterocycles. The van der Waals surface area contributed by atoms with E-state index in [-0.39, 0.29) is 48.8 Å². The van der Waals surface area contributed by atoms with Crippen molar-refractivity contribution in [1.82, 2.24) is 0 Å². The normalized spacial score (nSPS) is 34.4. The zero-order valence-electron chi connectivity index (χ0n) is 13.6. The van der Waals surface area contributed by atoms with Crippen LogP contribution in [0.5, 0.6) is 0 Å². The lowest BCUT2D eigenvalue weighted by molar-refractivity contribution is -0.255. The number of nitrogens with zero attached hydrogens (tertiary/aromatic N) is 1. The Bertz CT molecular complexity index is 441. The number of carbonyl (C=O) groups is 1. The largest absolute Gasteiger partial charge is 0.372 e. The number of hydrogen-bond donors (Lipinski definition) is 0. The first-order valence-corrected chi connectivity index (χ1v) is 9.58. The molecule has 2 heterocycles. The Labute approximate surface area is 151 Å². The van der Waals surface area contributed by atoms with Crippen LogP contribution in [0, 0.1) is 12.5 Å². The Balaban J connectivity index is 1.90. The molecule has 0 radical (unpaired) electrons. The second kappa shape index (κ2) is 9.16. The number of ether oxygens (including phenoxy) is 2. The maximum Gasteiger partial charge on any atom is 0.342 e. The predicted octanol–water partition coefficient (Wildman–Crippen LogP) is 2.94. The molecule has 6 atom stereocenters. The molecule has 0 aromatic heterocycles. The van der Waals surface area contributed by atoms with E-state index >= 15 is 0 Å². The molecule has 2 saturated heterocycles. The van der Waals surface area contributed by atoms with Crippen molar-refractivity contribution >= 4 is 28.6 Å². The van der Waals surface area contributed by atoms with E-state index in [1.54, 1.807) is 0 Å². The fourth-order valence-corrected chi connectivity index (χ4v) is 4.49. The van der Waals surface area contributed by atoms with Gasteiger partial charge in [0.2, 0.25) is 6.04 Å². The maximum absolute atomic E-state index is 11.5. The third-order valence-electron chi connectivity index (χ3n) is 4.55. The lowest BCUT2D eigenvalue weighted by Crippen LogP contribution is -2.40. The number of rotatable bonds is 7. The zero-order valence-corrected chi connectivity index (χ0v) is 15.7. The Morgan fingerprint density at radius 2 is 2.22 bits per heavy atom. The Morgan fingerprint density at radius 1 is 1.43 bits per heavy atom. The van der Waals surface area contributed by atoms with Crippen molar-refractivity contribution in [2.24, 2.45) is 5.92 Å². The Kier molecular flexibility index (Phi) is 7.53. The molecule has 1 unspecified atom stereocenters. The van der Waals surface area contributed by atoms with Crippen molar-refractivity contribution in [3.05, 3.63) is 11.4 Å². The topological polar surface area (TPSA) is 58.4 Å². The van der Waals surface area contributed by atoms with Gasteiger partial charge in [-0.3, -0.25) is 4.89 Å². The van der Waals surface area contributed by atoms with Gasteiger partial charge >= 0.3 is 5.97 Å². The summed E-state index contributed by atoms with van der Waals surface area (Å²) in [5, 5.41) is 0. The fraction of sp³-hybridized carbons (Fsp3) is 0.875. The van der Waals surface area contributed by atoms with Crippen LogP contribution in [0.4, 0.5) is 0 Å². The van der Waals surface area contributed by atoms with Crippen molar-refractivity contribution in [2.75, 3.05) is 11.5 Å². The van der Waals surface area contributed by atoms with Crippen LogP contribution < -0.4 is 0 Å². The number of alkyl halides is 1. The summed E-state index contributed by atoms with van der Waals surface area (Å²) in [6.45, 7) is 9.04. The van der Waals surface area contributed by atoms with Crippen molar-refractivity contribution in [3.8, 4) is 0 Å². The third kappa shape index (κ3) is 5.02. The van der Waals surface area contributed by atoms with Gasteiger partial charge in [-0.1, -0.05) is 22.6 Å². The maximum atomic E-state index is 11.5. The van der Waals surface area contributed by atoms with Gasteiger partial charge in [-0.15, -0.1) is 0 Å². The van der Waals surface area contributed by atoms with Crippen LogP contribution in [0.25, 0.3) is 4.85 Å². The van der Waals surface area contributed by atoms with Crippen LogP contribution in [0.3, 0.4) is 0 Å². The molecule has 130 valence electrons. The molecule has 2 aliphatic rings. The third-order valence-corrected chi connectivity index (χ3v) is 5.57. The van der Waals surface area contributed by atoms with E-state index in [4.69, 9.17) is 16.0 Å². The Morgan fingerprint density at radius 3 is 2.87 bits per heavy atom. The first-order valence-electron chi connectivity index (χ1n) is 8.06. The van der Waals surface area contributed by atoms with E-state index in [1.165, 1.54) is 7.11 Å². The standard InChI is InChI=1S/C16H24INO5/c1-10(18-2)8-11-4-5-14-16(21-11)12(9-17)13(22-14)6-7-15(19)23-20-3/h10-14,16H,4-9H2,1,3H3/t10-,11-,12-,13+,14+,16?/m1/s1. The van der Waals surface area contributed by atoms with Crippen molar-refractivity contribution in [1.29, 1.82) is 0 Å². The van der Waals surface area contributed by atoms with Gasteiger partial charge in [0.15, 0.2) is 0 Å². The highest BCUT2D eigenvalue weighted by Crippen LogP contribution is 2.40. The first-order chi connectivity index (χ1) is 11.1. The van der Waals surface area contributed by atoms with Gasteiger partial charge in [0, 0.05) is 23.7 Å². The summed E-state index contributed by atoms with van der Waals surface area (Å²) in [5.74, 6) is -0.0927. The van der Waals surface area contributed by atoms with Crippen LogP contribution in [0.1, 0.15) is 39.0 Å². The average Bonchev–Trinajstić information content (AvgIpc) is 2.89. The minimum Gasteiger partial charge on any atom is -0.372 e. The molecule has 7 heteroatoms. The minimum atomic E-state index is -0.372. The predicted molar refractivity (Wildman–Crippen MR) is 91.9 cm³/mol. The van der Waals surface area contributed by atoms with E-state index in [2.05, 4.69) is 37.2 Å². The van der Waals surface area contributed by atoms with Crippen LogP contribution in [0.15, 0.2) is 0 Å². The van der Waals surface area contributed by atoms with Crippen LogP contribution in [0.2, 0.25) is 0 Å². The SMILES string of the molecule is [C-]#[N+][C@H](C)C[C@H]1CC[C@@H]2O[C@@H](CCC(=O)OOC)[C@@H](CI)C2O1. The average molecular weight is 437 g/mol. The van der Waals surface area contributed by atoms with Gasteiger partial charge in [0.25, 0.3) is 0 Å². The van der Waals surface area contributed by atoms with Crippen molar-refractivity contribution in [2.45, 2.75) is 69.5 Å². The van der Waals surface area contributed by atoms with Gasteiger partial charge in [-0.05, 0) is 19.3 Å². The number of halogens is 1. The highest BCUT2D eigenvalue weighted by Gasteiger charge is 2.47. The minimum absolute atomic E-state index is 0.00321. The highest BCUT2D eigenvalue weighted by molar-refractivity contribution is 14.1. The summed E-state index contributed by atoms with van der Waals surface area (Å²) in [6, 6.07) is -0.00321. The molecule has 2 fully saturated rings. The summed E-state index contributed by atoms with van der Waals surface area (Å²) in [7, 11) is 1.32. The molecule has 23 heavy (non-hydrogen) atoms. The van der Waals surface area contributed by atoms with Crippen LogP contribution in [-0.2, 0) is 24.0 Å². The molecule has 0 spiro atoms. The lowest BCUT2D eigenvalue weighted by atomic mass is 9.90. The summed E-state index contributed by atoms with van der Waals surface area (Å²) in [6.07, 6.45) is 3.93. The highest BCUT2D eigenvalue weighted by atomic mass is 127. The van der Waals surface area contributed by atoms with E-state index in [0.29, 0.717) is 6.42 Å². The number of fused-ring (bicyclic) bond motifs is 1. The number of carbonyl (C=O) groups excluding carboxylic acids is 1. The molecule has 2 rings (SSSR count). The fourth-order valence-electron chi connectivity index (χ4n) is 3.42. The molecule has 0 N–H and O–H groups in total. The second-order valence-corrected chi connectivity index (χ2v) is 7.09. The van der Waals surface area contributed by atoms with Crippen LogP contribution >= 0.6 is 22.6 Å². The number of hydrogen-bond acceptors (Lipinski definition) is 5. The monoisotopic (exact) mass is 437 g/mol. The van der Waals surface area contributed by atoms with E-state index in [1.807, 2.05) is 6.92 Å². The summed E-state index contributed by atoms with van der Waals surface area (Å²) < 4.78 is 13.3. The van der Waals surface area contributed by atoms with Crippen molar-refractivity contribution in [3.63, 3.8) is 0 Å². The lowest BCUT2D eigenvalue weighted by Gasteiger charge is -2.33. The zero-order chi connectivity index (χ0) is 16.8. The van der Waals surface area contributed by atoms with Gasteiger partial charge in [-0.2, -0.15) is 4.89 Å². The van der Waals surface area contributed by atoms with E-state index in [0.717, 1.165) is 23.7 Å². The van der Waals surface area contributed by atoms with Gasteiger partial charge in [0.1, 0.15) is 0 Å². The second-order valence-electron chi connectivity index (χ2n) is 6.21. The molecular formula is C16H24INO5. The van der Waals surface area contributed by atoms with Gasteiger partial charge in [0.05, 0.1) is 37.9 Å². The molecule has 0 aromatic rings. The van der Waals surface area contributed by atoms with E-state index in [9.17, 15) is 4.79 Å². The molecule has 0 aliphatic carbocycles. The van der Waals surface area contributed by atoms with Crippen molar-refractivity contribution < 1.29 is 24.0 Å². The smallest absolute Gasteiger partial charge is 0.342 e.